The summed E-state index contributed by atoms with van der Waals surface area (Å²) < 4.78 is 0. The molecule has 1 aliphatic carbocycles. The fourth-order valence-corrected chi connectivity index (χ4v) is 5.03. The van der Waals surface area contributed by atoms with E-state index in [4.69, 9.17) is 0 Å². The van der Waals surface area contributed by atoms with Gasteiger partial charge in [-0.05, 0) is 57.1 Å². The molecule has 6 heteroatoms. The number of hydrogen-bond acceptors (Lipinski definition) is 4. The molecule has 1 aromatic rings. The van der Waals surface area contributed by atoms with Gasteiger partial charge in [-0.1, -0.05) is 0 Å². The van der Waals surface area contributed by atoms with Gasteiger partial charge in [0.05, 0.1) is 15.2 Å². The maximum atomic E-state index is 13.1. The van der Waals surface area contributed by atoms with Crippen LogP contribution in [0.5, 0.6) is 0 Å². The lowest BCUT2D eigenvalue weighted by Crippen LogP contribution is -2.50. The zero-order valence-corrected chi connectivity index (χ0v) is 15.4. The van der Waals surface area contributed by atoms with Gasteiger partial charge in [0.15, 0.2) is 5.78 Å². The molecule has 0 bridgehead atoms. The number of ketones is 1. The molecule has 1 saturated carbocycles. The second-order valence-electron chi connectivity index (χ2n) is 7.78. The number of amides is 2. The molecule has 3 fully saturated rings. The molecule has 2 amide bonds. The van der Waals surface area contributed by atoms with Crippen LogP contribution in [0.3, 0.4) is 0 Å². The van der Waals surface area contributed by atoms with Crippen molar-refractivity contribution in [3.8, 4) is 0 Å². The van der Waals surface area contributed by atoms with Gasteiger partial charge in [-0.2, -0.15) is 0 Å². The molecule has 25 heavy (non-hydrogen) atoms. The summed E-state index contributed by atoms with van der Waals surface area (Å²) in [6.07, 6.45) is 5.19. The van der Waals surface area contributed by atoms with Crippen molar-refractivity contribution in [2.75, 3.05) is 26.2 Å². The Morgan fingerprint density at radius 1 is 1.20 bits per heavy atom. The predicted molar refractivity (Wildman–Crippen MR) is 95.8 cm³/mol. The highest BCUT2D eigenvalue weighted by Crippen LogP contribution is 2.42. The monoisotopic (exact) mass is 360 g/mol. The van der Waals surface area contributed by atoms with E-state index in [0.29, 0.717) is 28.8 Å². The number of carbonyl (C=O) groups excluding carboxylic acids is 3. The molecule has 134 valence electrons. The Hall–Kier alpha value is -1.69. The molecule has 0 aromatic carbocycles. The Morgan fingerprint density at radius 2 is 1.96 bits per heavy atom. The number of Topliss-reactive ketones (excluding diaryl/α,β-unsaturated/α-hetero) is 1. The van der Waals surface area contributed by atoms with Gasteiger partial charge in [0, 0.05) is 26.2 Å². The summed E-state index contributed by atoms with van der Waals surface area (Å²) >= 11 is 1.25. The molecule has 4 rings (SSSR count). The lowest BCUT2D eigenvalue weighted by molar-refractivity contribution is -0.145. The minimum Gasteiger partial charge on any atom is -0.342 e. The van der Waals surface area contributed by atoms with Crippen molar-refractivity contribution in [1.82, 2.24) is 9.80 Å². The van der Waals surface area contributed by atoms with Crippen molar-refractivity contribution < 1.29 is 14.4 Å². The average molecular weight is 360 g/mol. The van der Waals surface area contributed by atoms with Crippen LogP contribution in [-0.4, -0.2) is 53.6 Å². The van der Waals surface area contributed by atoms with Crippen molar-refractivity contribution >= 4 is 28.9 Å². The molecule has 2 saturated heterocycles. The van der Waals surface area contributed by atoms with Gasteiger partial charge in [0.2, 0.25) is 5.91 Å². The Morgan fingerprint density at radius 3 is 2.64 bits per heavy atom. The minimum atomic E-state index is -0.372. The quantitative estimate of drug-likeness (QED) is 0.776. The van der Waals surface area contributed by atoms with E-state index < -0.39 is 0 Å². The molecule has 1 unspecified atom stereocenters. The van der Waals surface area contributed by atoms with Gasteiger partial charge in [-0.15, -0.1) is 11.3 Å². The van der Waals surface area contributed by atoms with Gasteiger partial charge < -0.3 is 9.80 Å². The van der Waals surface area contributed by atoms with Crippen LogP contribution >= 0.6 is 11.3 Å². The van der Waals surface area contributed by atoms with Crippen molar-refractivity contribution in [1.29, 1.82) is 0 Å². The number of hydrogen-bond donors (Lipinski definition) is 0. The Labute approximate surface area is 152 Å². The smallest absolute Gasteiger partial charge is 0.263 e. The zero-order valence-electron chi connectivity index (χ0n) is 14.6. The lowest BCUT2D eigenvalue weighted by atomic mass is 9.78. The van der Waals surface area contributed by atoms with Gasteiger partial charge in [-0.25, -0.2) is 0 Å². The van der Waals surface area contributed by atoms with E-state index in [1.807, 2.05) is 9.80 Å². The Kier molecular flexibility index (Phi) is 4.18. The standard InChI is InChI=1S/C19H24N2O3S/c1-13(22)15-5-6-16(25-15)17(23)21-10-8-19(12-21)7-2-9-20(18(19)24)11-14-3-4-14/h5-6,14H,2-4,7-12H2,1H3. The molecule has 1 spiro atoms. The average Bonchev–Trinajstić information content (AvgIpc) is 3.11. The van der Waals surface area contributed by atoms with Gasteiger partial charge in [0.25, 0.3) is 5.91 Å². The van der Waals surface area contributed by atoms with E-state index in [9.17, 15) is 14.4 Å². The third-order valence-corrected chi connectivity index (χ3v) is 6.98. The highest BCUT2D eigenvalue weighted by atomic mass is 32.1. The van der Waals surface area contributed by atoms with Crippen LogP contribution in [0.2, 0.25) is 0 Å². The summed E-state index contributed by atoms with van der Waals surface area (Å²) in [5.74, 6) is 0.910. The maximum Gasteiger partial charge on any atom is 0.263 e. The van der Waals surface area contributed by atoms with Gasteiger partial charge in [0.1, 0.15) is 0 Å². The van der Waals surface area contributed by atoms with E-state index >= 15 is 0 Å². The highest BCUT2D eigenvalue weighted by Gasteiger charge is 2.50. The summed E-state index contributed by atoms with van der Waals surface area (Å²) in [5.41, 5.74) is -0.372. The largest absolute Gasteiger partial charge is 0.342 e. The van der Waals surface area contributed by atoms with Crippen LogP contribution in [0.15, 0.2) is 12.1 Å². The van der Waals surface area contributed by atoms with Gasteiger partial charge >= 0.3 is 0 Å². The van der Waals surface area contributed by atoms with E-state index in [1.54, 1.807) is 12.1 Å². The van der Waals surface area contributed by atoms with E-state index in [1.165, 1.54) is 31.1 Å². The summed E-state index contributed by atoms with van der Waals surface area (Å²) in [4.78, 5) is 42.4. The third-order valence-electron chi connectivity index (χ3n) is 5.80. The second kappa shape index (κ2) is 6.24. The minimum absolute atomic E-state index is 0.0138. The molecule has 0 radical (unpaired) electrons. The molecular weight excluding hydrogens is 336 g/mol. The highest BCUT2D eigenvalue weighted by molar-refractivity contribution is 7.15. The van der Waals surface area contributed by atoms with Crippen molar-refractivity contribution in [2.45, 2.75) is 39.0 Å². The fraction of sp³-hybridized carbons (Fsp3) is 0.632. The number of thiophene rings is 1. The normalized spacial score (nSPS) is 26.5. The van der Waals surface area contributed by atoms with E-state index in [0.717, 1.165) is 32.4 Å². The van der Waals surface area contributed by atoms with Crippen LogP contribution in [0, 0.1) is 11.3 Å². The zero-order chi connectivity index (χ0) is 17.6. The van der Waals surface area contributed by atoms with Crippen molar-refractivity contribution in [2.24, 2.45) is 11.3 Å². The van der Waals surface area contributed by atoms with Crippen LogP contribution in [-0.2, 0) is 4.79 Å². The second-order valence-corrected chi connectivity index (χ2v) is 8.86. The maximum absolute atomic E-state index is 13.1. The predicted octanol–water partition coefficient (Wildman–Crippen LogP) is 2.82. The first-order valence-electron chi connectivity index (χ1n) is 9.18. The number of piperidine rings is 1. The van der Waals surface area contributed by atoms with Crippen molar-refractivity contribution in [3.05, 3.63) is 21.9 Å². The molecule has 1 aromatic heterocycles. The molecular formula is C19H24N2O3S. The number of nitrogens with zero attached hydrogens (tertiary/aromatic N) is 2. The Bertz CT molecular complexity index is 724. The first-order chi connectivity index (χ1) is 12.0. The fourth-order valence-electron chi connectivity index (χ4n) is 4.16. The van der Waals surface area contributed by atoms with E-state index in [2.05, 4.69) is 0 Å². The van der Waals surface area contributed by atoms with Crippen LogP contribution in [0.1, 0.15) is 58.4 Å². The topological polar surface area (TPSA) is 57.7 Å². The molecule has 1 atom stereocenters. The summed E-state index contributed by atoms with van der Waals surface area (Å²) in [7, 11) is 0. The number of rotatable bonds is 4. The third kappa shape index (κ3) is 3.12. The molecule has 3 heterocycles. The SMILES string of the molecule is CC(=O)c1ccc(C(=O)N2CCC3(CCCN(CC4CC4)C3=O)C2)s1. The van der Waals surface area contributed by atoms with Crippen molar-refractivity contribution in [3.63, 3.8) is 0 Å². The molecule has 0 N–H and O–H groups in total. The van der Waals surface area contributed by atoms with Crippen LogP contribution in [0.4, 0.5) is 0 Å². The number of likely N-dealkylation sites (tertiary alicyclic amines) is 2. The number of carbonyl (C=O) groups is 3. The molecule has 3 aliphatic rings. The molecule has 5 nitrogen and oxygen atoms in total. The first-order valence-corrected chi connectivity index (χ1v) is 10.00. The summed E-state index contributed by atoms with van der Waals surface area (Å²) in [5, 5.41) is 0. The molecule has 2 aliphatic heterocycles. The Balaban J connectivity index is 1.46. The first kappa shape index (κ1) is 16.8. The van der Waals surface area contributed by atoms with Gasteiger partial charge in [-0.3, -0.25) is 14.4 Å². The van der Waals surface area contributed by atoms with Crippen LogP contribution < -0.4 is 0 Å². The summed E-state index contributed by atoms with van der Waals surface area (Å²) in [6, 6.07) is 3.45. The lowest BCUT2D eigenvalue weighted by Gasteiger charge is -2.39. The van der Waals surface area contributed by atoms with Crippen LogP contribution in [0.25, 0.3) is 0 Å². The summed E-state index contributed by atoms with van der Waals surface area (Å²) in [6.45, 7) is 4.45. The van der Waals surface area contributed by atoms with E-state index in [-0.39, 0.29) is 23.0 Å².